The van der Waals surface area contributed by atoms with Gasteiger partial charge in [-0.2, -0.15) is 0 Å². The fourth-order valence-electron chi connectivity index (χ4n) is 4.22. The summed E-state index contributed by atoms with van der Waals surface area (Å²) in [5, 5.41) is 3.97. The molecule has 1 aliphatic rings. The summed E-state index contributed by atoms with van der Waals surface area (Å²) in [7, 11) is 0. The average Bonchev–Trinajstić information content (AvgIpc) is 3.35. The topological polar surface area (TPSA) is 64.0 Å². The minimum absolute atomic E-state index is 0.0339. The zero-order valence-electron chi connectivity index (χ0n) is 18.2. The van der Waals surface area contributed by atoms with Gasteiger partial charge in [-0.1, -0.05) is 30.7 Å². The van der Waals surface area contributed by atoms with Gasteiger partial charge in [0.15, 0.2) is 5.16 Å². The fourth-order valence-corrected chi connectivity index (χ4v) is 6.17. The number of halogens is 2. The molecule has 2 heterocycles. The van der Waals surface area contributed by atoms with E-state index in [1.165, 1.54) is 35.2 Å². The van der Waals surface area contributed by atoms with Gasteiger partial charge in [-0.05, 0) is 45.2 Å². The average molecular weight is 478 g/mol. The number of thiophene rings is 1. The smallest absolute Gasteiger partial charge is 0.263 e. The summed E-state index contributed by atoms with van der Waals surface area (Å²) in [5.74, 6) is -1.62. The van der Waals surface area contributed by atoms with Gasteiger partial charge in [0, 0.05) is 22.5 Å². The normalized spacial score (nSPS) is 15.4. The van der Waals surface area contributed by atoms with Gasteiger partial charge in [0.05, 0.1) is 17.2 Å². The fraction of sp³-hybridized carbons (Fsp3) is 0.435. The van der Waals surface area contributed by atoms with Gasteiger partial charge in [0.2, 0.25) is 5.91 Å². The molecule has 32 heavy (non-hydrogen) atoms. The molecule has 170 valence electrons. The maximum Gasteiger partial charge on any atom is 0.263 e. The van der Waals surface area contributed by atoms with Gasteiger partial charge in [-0.25, -0.2) is 13.8 Å². The number of thioether (sulfide) groups is 1. The van der Waals surface area contributed by atoms with Gasteiger partial charge < -0.3 is 5.32 Å². The van der Waals surface area contributed by atoms with Crippen LogP contribution in [0.5, 0.6) is 0 Å². The van der Waals surface area contributed by atoms with E-state index in [2.05, 4.69) is 5.32 Å². The highest BCUT2D eigenvalue weighted by molar-refractivity contribution is 7.99. The Bertz CT molecular complexity index is 1230. The molecule has 5 nitrogen and oxygen atoms in total. The van der Waals surface area contributed by atoms with E-state index in [0.717, 1.165) is 42.2 Å². The predicted molar refractivity (Wildman–Crippen MR) is 124 cm³/mol. The first-order valence-corrected chi connectivity index (χ1v) is 12.5. The molecule has 2 aromatic heterocycles. The highest BCUT2D eigenvalue weighted by atomic mass is 32.2. The van der Waals surface area contributed by atoms with Gasteiger partial charge >= 0.3 is 0 Å². The molecule has 1 amide bonds. The largest absolute Gasteiger partial charge is 0.349 e. The lowest BCUT2D eigenvalue weighted by atomic mass is 10.1. The molecule has 0 radical (unpaired) electrons. The van der Waals surface area contributed by atoms with Crippen molar-refractivity contribution in [2.45, 2.75) is 63.7 Å². The van der Waals surface area contributed by atoms with Crippen molar-refractivity contribution in [1.82, 2.24) is 14.9 Å². The van der Waals surface area contributed by atoms with Crippen molar-refractivity contribution in [1.29, 1.82) is 0 Å². The van der Waals surface area contributed by atoms with Crippen LogP contribution in [-0.2, 0) is 4.79 Å². The summed E-state index contributed by atoms with van der Waals surface area (Å²) in [4.78, 5) is 32.5. The van der Waals surface area contributed by atoms with Crippen LogP contribution in [0.1, 0.15) is 60.7 Å². The minimum atomic E-state index is -0.698. The van der Waals surface area contributed by atoms with Crippen LogP contribution in [-0.4, -0.2) is 21.2 Å². The molecule has 1 aromatic carbocycles. The highest BCUT2D eigenvalue weighted by Crippen LogP contribution is 2.34. The van der Waals surface area contributed by atoms with E-state index in [1.807, 2.05) is 13.8 Å². The molecule has 1 atom stereocenters. The Morgan fingerprint density at radius 1 is 1.31 bits per heavy atom. The number of aromatic nitrogens is 2. The SMILES string of the molecule is Cc1sc2nc(SCC(=O)NC(C)c3ccc(F)cc3F)n(C3CCCC3)c(=O)c2c1C. The van der Waals surface area contributed by atoms with Crippen molar-refractivity contribution < 1.29 is 13.6 Å². The number of aryl methyl sites for hydroxylation is 2. The lowest BCUT2D eigenvalue weighted by Gasteiger charge is -2.19. The standard InChI is InChI=1S/C23H25F2N3O2S2/c1-12-14(3)32-21-20(12)22(30)28(16-6-4-5-7-16)23(27-21)31-11-19(29)26-13(2)17-9-8-15(24)10-18(17)25/h8-10,13,16H,4-7,11H2,1-3H3,(H,26,29). The van der Waals surface area contributed by atoms with E-state index in [1.54, 1.807) is 11.5 Å². The summed E-state index contributed by atoms with van der Waals surface area (Å²) < 4.78 is 28.9. The van der Waals surface area contributed by atoms with E-state index in [0.29, 0.717) is 15.4 Å². The number of rotatable bonds is 6. The van der Waals surface area contributed by atoms with Crippen molar-refractivity contribution in [3.8, 4) is 0 Å². The molecule has 4 rings (SSSR count). The number of nitrogens with one attached hydrogen (secondary N) is 1. The second-order valence-electron chi connectivity index (χ2n) is 8.21. The van der Waals surface area contributed by atoms with Gasteiger partial charge in [0.25, 0.3) is 5.56 Å². The van der Waals surface area contributed by atoms with Crippen LogP contribution in [0.3, 0.4) is 0 Å². The van der Waals surface area contributed by atoms with Crippen molar-refractivity contribution in [3.63, 3.8) is 0 Å². The number of carbonyl (C=O) groups excluding carboxylic acids is 1. The third-order valence-corrected chi connectivity index (χ3v) is 8.09. The van der Waals surface area contributed by atoms with Crippen molar-refractivity contribution in [3.05, 3.63) is 56.2 Å². The summed E-state index contributed by atoms with van der Waals surface area (Å²) in [6, 6.07) is 2.78. The molecule has 0 spiro atoms. The van der Waals surface area contributed by atoms with Crippen LogP contribution in [0.15, 0.2) is 28.2 Å². The number of benzene rings is 1. The Morgan fingerprint density at radius 3 is 2.72 bits per heavy atom. The monoisotopic (exact) mass is 477 g/mol. The highest BCUT2D eigenvalue weighted by Gasteiger charge is 2.25. The summed E-state index contributed by atoms with van der Waals surface area (Å²) >= 11 is 2.72. The molecule has 1 N–H and O–H groups in total. The van der Waals surface area contributed by atoms with Crippen LogP contribution in [0.4, 0.5) is 8.78 Å². The lowest BCUT2D eigenvalue weighted by Crippen LogP contribution is -2.30. The van der Waals surface area contributed by atoms with E-state index in [4.69, 9.17) is 4.98 Å². The first-order valence-electron chi connectivity index (χ1n) is 10.7. The zero-order chi connectivity index (χ0) is 23.0. The second-order valence-corrected chi connectivity index (χ2v) is 10.4. The maximum absolute atomic E-state index is 14.0. The van der Waals surface area contributed by atoms with Crippen molar-refractivity contribution >= 4 is 39.2 Å². The van der Waals surface area contributed by atoms with Crippen molar-refractivity contribution in [2.75, 3.05) is 5.75 Å². The molecular weight excluding hydrogens is 452 g/mol. The molecule has 1 saturated carbocycles. The Morgan fingerprint density at radius 2 is 2.03 bits per heavy atom. The van der Waals surface area contributed by atoms with E-state index < -0.39 is 17.7 Å². The van der Waals surface area contributed by atoms with Crippen LogP contribution >= 0.6 is 23.1 Å². The molecule has 3 aromatic rings. The summed E-state index contributed by atoms with van der Waals surface area (Å²) in [6.07, 6.45) is 4.00. The molecule has 0 aliphatic heterocycles. The van der Waals surface area contributed by atoms with Gasteiger partial charge in [-0.15, -0.1) is 11.3 Å². The van der Waals surface area contributed by atoms with Gasteiger partial charge in [-0.3, -0.25) is 14.2 Å². The predicted octanol–water partition coefficient (Wildman–Crippen LogP) is 5.44. The second kappa shape index (κ2) is 9.31. The number of nitrogens with zero attached hydrogens (tertiary/aromatic N) is 2. The van der Waals surface area contributed by atoms with Crippen LogP contribution in [0.2, 0.25) is 0 Å². The summed E-state index contributed by atoms with van der Waals surface area (Å²) in [5.41, 5.74) is 1.16. The summed E-state index contributed by atoms with van der Waals surface area (Å²) in [6.45, 7) is 5.58. The molecule has 1 fully saturated rings. The Labute approximate surface area is 193 Å². The third-order valence-electron chi connectivity index (χ3n) is 6.03. The van der Waals surface area contributed by atoms with E-state index in [-0.39, 0.29) is 28.8 Å². The molecular formula is C23H25F2N3O2S2. The third kappa shape index (κ3) is 4.45. The number of hydrogen-bond donors (Lipinski definition) is 1. The Hall–Kier alpha value is -2.26. The number of carbonyl (C=O) groups is 1. The zero-order valence-corrected chi connectivity index (χ0v) is 19.8. The molecule has 0 saturated heterocycles. The van der Waals surface area contributed by atoms with Crippen LogP contribution in [0.25, 0.3) is 10.2 Å². The minimum Gasteiger partial charge on any atom is -0.349 e. The number of amides is 1. The first-order chi connectivity index (χ1) is 15.3. The molecule has 1 aliphatic carbocycles. The van der Waals surface area contributed by atoms with Crippen LogP contribution < -0.4 is 10.9 Å². The molecule has 1 unspecified atom stereocenters. The lowest BCUT2D eigenvalue weighted by molar-refractivity contribution is -0.119. The van der Waals surface area contributed by atoms with E-state index >= 15 is 0 Å². The van der Waals surface area contributed by atoms with Crippen molar-refractivity contribution in [2.24, 2.45) is 0 Å². The quantitative estimate of drug-likeness (QED) is 0.379. The Kier molecular flexibility index (Phi) is 6.67. The molecule has 0 bridgehead atoms. The first kappa shape index (κ1) is 22.9. The Balaban J connectivity index is 1.56. The van der Waals surface area contributed by atoms with Gasteiger partial charge in [0.1, 0.15) is 16.5 Å². The molecule has 9 heteroatoms. The number of hydrogen-bond acceptors (Lipinski definition) is 5. The van der Waals surface area contributed by atoms with E-state index in [9.17, 15) is 18.4 Å². The number of fused-ring (bicyclic) bond motifs is 1. The van der Waals surface area contributed by atoms with Crippen LogP contribution in [0, 0.1) is 25.5 Å². The maximum atomic E-state index is 14.0.